The van der Waals surface area contributed by atoms with Gasteiger partial charge < -0.3 is 15.4 Å². The van der Waals surface area contributed by atoms with Gasteiger partial charge in [0.25, 0.3) is 0 Å². The zero-order chi connectivity index (χ0) is 28.7. The highest BCUT2D eigenvalue weighted by Crippen LogP contribution is 2.39. The molecule has 1 aliphatic heterocycles. The fourth-order valence-electron chi connectivity index (χ4n) is 5.89. The summed E-state index contributed by atoms with van der Waals surface area (Å²) in [5.41, 5.74) is 11.6. The third kappa shape index (κ3) is 5.74. The summed E-state index contributed by atoms with van der Waals surface area (Å²) in [5, 5.41) is 0.979. The quantitative estimate of drug-likeness (QED) is 0.291. The van der Waals surface area contributed by atoms with Crippen molar-refractivity contribution in [3.63, 3.8) is 0 Å². The summed E-state index contributed by atoms with van der Waals surface area (Å²) in [7, 11) is -3.68. The molecule has 6 rings (SSSR count). The van der Waals surface area contributed by atoms with E-state index in [4.69, 9.17) is 10.5 Å². The Kier molecular flexibility index (Phi) is 7.35. The van der Waals surface area contributed by atoms with Crippen LogP contribution in [0.3, 0.4) is 0 Å². The molecule has 11 heteroatoms. The van der Waals surface area contributed by atoms with Crippen molar-refractivity contribution in [2.45, 2.75) is 19.4 Å². The molecule has 1 aromatic heterocycles. The summed E-state index contributed by atoms with van der Waals surface area (Å²) >= 11 is 1.62. The molecule has 1 atom stereocenters. The first-order valence-corrected chi connectivity index (χ1v) is 16.3. The van der Waals surface area contributed by atoms with Crippen LogP contribution in [0.1, 0.15) is 16.1 Å². The van der Waals surface area contributed by atoms with Crippen LogP contribution >= 0.6 is 11.3 Å². The Morgan fingerprint density at radius 1 is 1.05 bits per heavy atom. The highest BCUT2D eigenvalue weighted by molar-refractivity contribution is 7.92. The van der Waals surface area contributed by atoms with Crippen molar-refractivity contribution in [3.8, 4) is 16.9 Å². The zero-order valence-electron chi connectivity index (χ0n) is 23.1. The molecule has 0 saturated carbocycles. The second-order valence-corrected chi connectivity index (χ2v) is 13.8. The Hall–Kier alpha value is -3.67. The second kappa shape index (κ2) is 11.0. The number of thiazole rings is 1. The molecular formula is C30H33N5O4S2. The number of aryl methyl sites for hydroxylation is 1. The third-order valence-electron chi connectivity index (χ3n) is 7.78. The molecule has 0 spiro atoms. The van der Waals surface area contributed by atoms with E-state index in [0.29, 0.717) is 44.2 Å². The highest BCUT2D eigenvalue weighted by atomic mass is 32.2. The maximum absolute atomic E-state index is 13.4. The largest absolute Gasteiger partial charge is 0.491 e. The van der Waals surface area contributed by atoms with E-state index in [1.54, 1.807) is 16.2 Å². The molecule has 2 heterocycles. The summed E-state index contributed by atoms with van der Waals surface area (Å²) in [4.78, 5) is 20.0. The smallest absolute Gasteiger partial charge is 0.314 e. The van der Waals surface area contributed by atoms with Gasteiger partial charge in [0, 0.05) is 38.8 Å². The van der Waals surface area contributed by atoms with Crippen LogP contribution in [0.15, 0.2) is 60.7 Å². The fraction of sp³-hybridized carbons (Fsp3) is 0.333. The number of amides is 2. The number of nitrogens with two attached hydrogens (primary N) is 1. The normalized spacial score (nSPS) is 15.9. The van der Waals surface area contributed by atoms with E-state index in [-0.39, 0.29) is 6.61 Å². The molecule has 1 fully saturated rings. The molecule has 4 aromatic rings. The number of aromatic nitrogens is 1. The Bertz CT molecular complexity index is 1710. The Morgan fingerprint density at radius 2 is 1.80 bits per heavy atom. The lowest BCUT2D eigenvalue weighted by molar-refractivity contribution is 0.133. The summed E-state index contributed by atoms with van der Waals surface area (Å²) in [6, 6.07) is 19.0. The van der Waals surface area contributed by atoms with Crippen LogP contribution in [-0.2, 0) is 16.4 Å². The van der Waals surface area contributed by atoms with E-state index in [1.807, 2.05) is 55.5 Å². The molecule has 9 nitrogen and oxygen atoms in total. The minimum atomic E-state index is -3.68. The number of benzene rings is 3. The van der Waals surface area contributed by atoms with Gasteiger partial charge in [0.2, 0.25) is 10.0 Å². The minimum Gasteiger partial charge on any atom is -0.491 e. The monoisotopic (exact) mass is 591 g/mol. The Labute approximate surface area is 244 Å². The van der Waals surface area contributed by atoms with Gasteiger partial charge in [0.05, 0.1) is 33.2 Å². The number of rotatable bonds is 8. The van der Waals surface area contributed by atoms with Gasteiger partial charge in [-0.3, -0.25) is 9.21 Å². The summed E-state index contributed by atoms with van der Waals surface area (Å²) < 4.78 is 35.7. The van der Waals surface area contributed by atoms with Crippen molar-refractivity contribution in [2.24, 2.45) is 5.73 Å². The van der Waals surface area contributed by atoms with Gasteiger partial charge in [-0.1, -0.05) is 30.3 Å². The third-order valence-corrected chi connectivity index (χ3v) is 9.96. The first-order chi connectivity index (χ1) is 19.7. The van der Waals surface area contributed by atoms with Crippen molar-refractivity contribution in [2.75, 3.05) is 49.9 Å². The average Bonchev–Trinajstić information content (AvgIpc) is 3.49. The number of carbonyl (C=O) groups is 1. The lowest BCUT2D eigenvalue weighted by atomic mass is 10.1. The van der Waals surface area contributed by atoms with E-state index in [9.17, 15) is 13.2 Å². The Balaban J connectivity index is 1.30. The van der Waals surface area contributed by atoms with Gasteiger partial charge in [0.15, 0.2) is 0 Å². The molecule has 2 N–H and O–H groups in total. The van der Waals surface area contributed by atoms with Crippen LogP contribution in [0.2, 0.25) is 0 Å². The number of ether oxygens (including phenoxy) is 1. The van der Waals surface area contributed by atoms with Crippen LogP contribution in [0.4, 0.5) is 10.5 Å². The van der Waals surface area contributed by atoms with Gasteiger partial charge in [-0.15, -0.1) is 11.3 Å². The highest BCUT2D eigenvalue weighted by Gasteiger charge is 2.32. The van der Waals surface area contributed by atoms with Crippen LogP contribution in [0.5, 0.6) is 5.75 Å². The van der Waals surface area contributed by atoms with Crippen molar-refractivity contribution < 1.29 is 17.9 Å². The number of fused-ring (bicyclic) bond motifs is 4. The summed E-state index contributed by atoms with van der Waals surface area (Å²) in [6.45, 7) is 4.75. The van der Waals surface area contributed by atoms with Crippen molar-refractivity contribution in [1.29, 1.82) is 0 Å². The van der Waals surface area contributed by atoms with Crippen LogP contribution in [0, 0.1) is 6.92 Å². The van der Waals surface area contributed by atoms with Crippen molar-refractivity contribution in [1.82, 2.24) is 14.8 Å². The molecule has 214 valence electrons. The lowest BCUT2D eigenvalue weighted by Crippen LogP contribution is -2.55. The lowest BCUT2D eigenvalue weighted by Gasteiger charge is -2.39. The zero-order valence-corrected chi connectivity index (χ0v) is 24.7. The molecule has 2 amide bonds. The van der Waals surface area contributed by atoms with E-state index in [0.717, 1.165) is 32.8 Å². The first-order valence-electron chi connectivity index (χ1n) is 13.6. The number of carbonyl (C=O) groups excluding carboxylic acids is 1. The van der Waals surface area contributed by atoms with Crippen molar-refractivity contribution >= 4 is 43.3 Å². The molecule has 41 heavy (non-hydrogen) atoms. The maximum Gasteiger partial charge on any atom is 0.314 e. The van der Waals surface area contributed by atoms with Crippen LogP contribution in [0.25, 0.3) is 21.3 Å². The van der Waals surface area contributed by atoms with E-state index < -0.39 is 22.1 Å². The molecule has 2 aliphatic rings. The number of primary amides is 1. The second-order valence-electron chi connectivity index (χ2n) is 10.7. The molecule has 0 radical (unpaired) electrons. The van der Waals surface area contributed by atoms with Gasteiger partial charge >= 0.3 is 6.03 Å². The SMILES string of the molecule is Cc1nc2cc(OCC(CN3CCN(C(N)=O)CC3)N(c3ccc4c(c3)Cc3ccccc3-4)S(C)(=O)=O)ccc2s1. The minimum absolute atomic E-state index is 0.148. The predicted octanol–water partition coefficient (Wildman–Crippen LogP) is 4.09. The van der Waals surface area contributed by atoms with Gasteiger partial charge in [0.1, 0.15) is 12.4 Å². The van der Waals surface area contributed by atoms with E-state index >= 15 is 0 Å². The van der Waals surface area contributed by atoms with E-state index in [2.05, 4.69) is 22.0 Å². The molecule has 0 bridgehead atoms. The Morgan fingerprint density at radius 3 is 2.56 bits per heavy atom. The molecular weight excluding hydrogens is 558 g/mol. The number of anilines is 1. The summed E-state index contributed by atoms with van der Waals surface area (Å²) in [6.07, 6.45) is 2.01. The number of urea groups is 1. The number of hydrogen-bond acceptors (Lipinski definition) is 7. The number of piperazine rings is 1. The molecule has 1 saturated heterocycles. The average molecular weight is 592 g/mol. The van der Waals surface area contributed by atoms with Crippen molar-refractivity contribution in [3.05, 3.63) is 76.8 Å². The molecule has 1 aliphatic carbocycles. The molecule has 1 unspecified atom stereocenters. The number of nitrogens with zero attached hydrogens (tertiary/aromatic N) is 4. The van der Waals surface area contributed by atoms with E-state index in [1.165, 1.54) is 21.7 Å². The predicted molar refractivity (Wildman–Crippen MR) is 163 cm³/mol. The van der Waals surface area contributed by atoms with Gasteiger partial charge in [-0.2, -0.15) is 0 Å². The van der Waals surface area contributed by atoms with Gasteiger partial charge in [-0.05, 0) is 59.9 Å². The number of sulfonamides is 1. The molecule has 3 aromatic carbocycles. The topological polar surface area (TPSA) is 109 Å². The summed E-state index contributed by atoms with van der Waals surface area (Å²) in [5.74, 6) is 0.643. The van der Waals surface area contributed by atoms with Gasteiger partial charge in [-0.25, -0.2) is 18.2 Å². The first kappa shape index (κ1) is 27.5. The fourth-order valence-corrected chi connectivity index (χ4v) is 7.86. The number of hydrogen-bond donors (Lipinski definition) is 1. The maximum atomic E-state index is 13.4. The van der Waals surface area contributed by atoms with Crippen LogP contribution < -0.4 is 14.8 Å². The standard InChI is InChI=1S/C30H33N5O4S2/c1-20-32-28-17-25(8-10-29(28)40-20)39-19-24(18-33-11-13-34(14-12-33)30(31)36)35(41(2,37)38)23-7-9-27-22(16-23)15-21-5-3-4-6-26(21)27/h3-10,16-17,24H,11-15,18-19H2,1-2H3,(H2,31,36). The van der Waals surface area contributed by atoms with Crippen LogP contribution in [-0.4, -0.2) is 80.9 Å².